The van der Waals surface area contributed by atoms with E-state index in [-0.39, 0.29) is 11.9 Å². The van der Waals surface area contributed by atoms with Gasteiger partial charge >= 0.3 is 0 Å². The van der Waals surface area contributed by atoms with Crippen LogP contribution in [0.5, 0.6) is 0 Å². The summed E-state index contributed by atoms with van der Waals surface area (Å²) in [6.45, 7) is 6.22. The van der Waals surface area contributed by atoms with Gasteiger partial charge in [0.25, 0.3) is 0 Å². The van der Waals surface area contributed by atoms with Gasteiger partial charge < -0.3 is 5.32 Å². The third kappa shape index (κ3) is 4.79. The Morgan fingerprint density at radius 2 is 1.61 bits per heavy atom. The van der Waals surface area contributed by atoms with Crippen LogP contribution in [0.25, 0.3) is 0 Å². The van der Waals surface area contributed by atoms with Gasteiger partial charge in [-0.1, -0.05) is 48.0 Å². The summed E-state index contributed by atoms with van der Waals surface area (Å²) in [5.41, 5.74) is 2.25. The van der Waals surface area contributed by atoms with Crippen molar-refractivity contribution in [2.75, 3.05) is 26.2 Å². The first-order valence-electron chi connectivity index (χ1n) is 9.50. The van der Waals surface area contributed by atoms with Crippen LogP contribution in [0.15, 0.2) is 59.5 Å². The molecule has 0 saturated carbocycles. The second kappa shape index (κ2) is 8.86. The molecule has 1 N–H and O–H groups in total. The summed E-state index contributed by atoms with van der Waals surface area (Å²) in [7, 11) is -3.48. The first-order valence-corrected chi connectivity index (χ1v) is 10.9. The molecule has 0 radical (unpaired) electrons. The normalized spacial score (nSPS) is 17.2. The molecule has 1 atom stereocenters. The van der Waals surface area contributed by atoms with Crippen molar-refractivity contribution in [1.29, 1.82) is 0 Å². The molecule has 28 heavy (non-hydrogen) atoms. The number of piperazine rings is 1. The highest BCUT2D eigenvalue weighted by Gasteiger charge is 2.31. The number of carbonyl (C=O) groups excluding carboxylic acids is 1. The van der Waals surface area contributed by atoms with Gasteiger partial charge in [-0.3, -0.25) is 9.69 Å². The van der Waals surface area contributed by atoms with Gasteiger partial charge in [-0.05, 0) is 31.5 Å². The van der Waals surface area contributed by atoms with E-state index in [1.54, 1.807) is 30.3 Å². The van der Waals surface area contributed by atoms with E-state index in [1.165, 1.54) is 9.87 Å². The van der Waals surface area contributed by atoms with Crippen molar-refractivity contribution in [3.8, 4) is 0 Å². The summed E-state index contributed by atoms with van der Waals surface area (Å²) in [6.07, 6.45) is 0. The molecular weight excluding hydrogens is 374 g/mol. The van der Waals surface area contributed by atoms with Crippen LogP contribution in [-0.2, 0) is 21.4 Å². The molecule has 7 heteroatoms. The predicted octanol–water partition coefficient (Wildman–Crippen LogP) is 2.01. The summed E-state index contributed by atoms with van der Waals surface area (Å²) >= 11 is 0. The van der Waals surface area contributed by atoms with Gasteiger partial charge in [-0.15, -0.1) is 0 Å². The molecule has 1 aliphatic rings. The van der Waals surface area contributed by atoms with Gasteiger partial charge in [0, 0.05) is 32.7 Å². The molecule has 1 heterocycles. The fourth-order valence-electron chi connectivity index (χ4n) is 3.28. The average Bonchev–Trinajstić information content (AvgIpc) is 2.73. The molecule has 0 aromatic heterocycles. The Balaban J connectivity index is 1.52. The Morgan fingerprint density at radius 1 is 1.00 bits per heavy atom. The quantitative estimate of drug-likeness (QED) is 0.804. The number of hydrogen-bond acceptors (Lipinski definition) is 4. The zero-order valence-electron chi connectivity index (χ0n) is 16.3. The molecule has 0 aliphatic carbocycles. The molecule has 0 bridgehead atoms. The zero-order valence-corrected chi connectivity index (χ0v) is 17.2. The van der Waals surface area contributed by atoms with Crippen LogP contribution < -0.4 is 5.32 Å². The summed E-state index contributed by atoms with van der Waals surface area (Å²) in [4.78, 5) is 14.8. The lowest BCUT2D eigenvalue weighted by molar-refractivity contribution is -0.126. The number of benzene rings is 2. The first-order chi connectivity index (χ1) is 13.4. The largest absolute Gasteiger partial charge is 0.351 e. The predicted molar refractivity (Wildman–Crippen MR) is 109 cm³/mol. The van der Waals surface area contributed by atoms with Crippen LogP contribution in [-0.4, -0.2) is 55.8 Å². The molecule has 1 saturated heterocycles. The number of aryl methyl sites for hydroxylation is 1. The molecular formula is C21H27N3O3S. The van der Waals surface area contributed by atoms with Crippen molar-refractivity contribution in [2.24, 2.45) is 0 Å². The third-order valence-electron chi connectivity index (χ3n) is 5.17. The Hall–Kier alpha value is -2.22. The van der Waals surface area contributed by atoms with Crippen molar-refractivity contribution < 1.29 is 13.2 Å². The van der Waals surface area contributed by atoms with Crippen molar-refractivity contribution in [3.05, 3.63) is 65.7 Å². The number of carbonyl (C=O) groups is 1. The number of amides is 1. The summed E-state index contributed by atoms with van der Waals surface area (Å²) in [6, 6.07) is 16.2. The lowest BCUT2D eigenvalue weighted by Gasteiger charge is -2.36. The second-order valence-electron chi connectivity index (χ2n) is 7.13. The Morgan fingerprint density at radius 3 is 2.21 bits per heavy atom. The van der Waals surface area contributed by atoms with Crippen LogP contribution in [0.3, 0.4) is 0 Å². The number of rotatable bonds is 6. The van der Waals surface area contributed by atoms with E-state index in [4.69, 9.17) is 0 Å². The maximum Gasteiger partial charge on any atom is 0.243 e. The van der Waals surface area contributed by atoms with E-state index < -0.39 is 10.0 Å². The van der Waals surface area contributed by atoms with Gasteiger partial charge in [0.2, 0.25) is 15.9 Å². The summed E-state index contributed by atoms with van der Waals surface area (Å²) in [5, 5.41) is 2.97. The average molecular weight is 402 g/mol. The molecule has 2 aromatic rings. The number of sulfonamides is 1. The summed E-state index contributed by atoms with van der Waals surface area (Å²) < 4.78 is 26.9. The van der Waals surface area contributed by atoms with E-state index >= 15 is 0 Å². The Kier molecular flexibility index (Phi) is 6.49. The molecule has 1 unspecified atom stereocenters. The molecule has 150 valence electrons. The first kappa shape index (κ1) is 20.5. The zero-order chi connectivity index (χ0) is 20.1. The Labute approximate surface area is 167 Å². The molecule has 2 aromatic carbocycles. The van der Waals surface area contributed by atoms with Gasteiger partial charge in [-0.2, -0.15) is 4.31 Å². The number of hydrogen-bond donors (Lipinski definition) is 1. The SMILES string of the molecule is Cc1ccc(CNC(=O)C(C)N2CCN(S(=O)(=O)c3ccccc3)CC2)cc1. The lowest BCUT2D eigenvalue weighted by Crippen LogP contribution is -2.54. The van der Waals surface area contributed by atoms with Gasteiger partial charge in [0.15, 0.2) is 0 Å². The highest BCUT2D eigenvalue weighted by Crippen LogP contribution is 2.18. The fourth-order valence-corrected chi connectivity index (χ4v) is 4.72. The lowest BCUT2D eigenvalue weighted by atomic mass is 10.1. The van der Waals surface area contributed by atoms with Crippen molar-refractivity contribution in [3.63, 3.8) is 0 Å². The van der Waals surface area contributed by atoms with E-state index in [2.05, 4.69) is 5.32 Å². The highest BCUT2D eigenvalue weighted by atomic mass is 32.2. The van der Waals surface area contributed by atoms with Crippen LogP contribution in [0.4, 0.5) is 0 Å². The van der Waals surface area contributed by atoms with Crippen LogP contribution >= 0.6 is 0 Å². The minimum atomic E-state index is -3.48. The van der Waals surface area contributed by atoms with E-state index in [1.807, 2.05) is 43.0 Å². The molecule has 1 amide bonds. The van der Waals surface area contributed by atoms with Crippen LogP contribution in [0, 0.1) is 6.92 Å². The van der Waals surface area contributed by atoms with Crippen molar-refractivity contribution >= 4 is 15.9 Å². The van der Waals surface area contributed by atoms with Gasteiger partial charge in [0.1, 0.15) is 0 Å². The third-order valence-corrected chi connectivity index (χ3v) is 7.08. The van der Waals surface area contributed by atoms with E-state index in [0.29, 0.717) is 37.6 Å². The van der Waals surface area contributed by atoms with E-state index in [0.717, 1.165) is 5.56 Å². The van der Waals surface area contributed by atoms with Gasteiger partial charge in [0.05, 0.1) is 10.9 Å². The smallest absolute Gasteiger partial charge is 0.243 e. The molecule has 0 spiro atoms. The molecule has 1 fully saturated rings. The minimum Gasteiger partial charge on any atom is -0.351 e. The minimum absolute atomic E-state index is 0.0417. The monoisotopic (exact) mass is 401 g/mol. The second-order valence-corrected chi connectivity index (χ2v) is 9.07. The molecule has 6 nitrogen and oxygen atoms in total. The highest BCUT2D eigenvalue weighted by molar-refractivity contribution is 7.89. The number of nitrogens with one attached hydrogen (secondary N) is 1. The van der Waals surface area contributed by atoms with E-state index in [9.17, 15) is 13.2 Å². The standard InChI is InChI=1S/C21H27N3O3S/c1-17-8-10-19(11-9-17)16-22-21(25)18(2)23-12-14-24(15-13-23)28(26,27)20-6-4-3-5-7-20/h3-11,18H,12-16H2,1-2H3,(H,22,25). The van der Waals surface area contributed by atoms with Crippen LogP contribution in [0.1, 0.15) is 18.1 Å². The fraction of sp³-hybridized carbons (Fsp3) is 0.381. The summed E-state index contributed by atoms with van der Waals surface area (Å²) in [5.74, 6) is -0.0417. The molecule has 3 rings (SSSR count). The van der Waals surface area contributed by atoms with Crippen molar-refractivity contribution in [2.45, 2.75) is 31.3 Å². The Bertz CT molecular complexity index is 890. The molecule has 1 aliphatic heterocycles. The number of nitrogens with zero attached hydrogens (tertiary/aromatic N) is 2. The topological polar surface area (TPSA) is 69.7 Å². The van der Waals surface area contributed by atoms with Crippen molar-refractivity contribution in [1.82, 2.24) is 14.5 Å². The van der Waals surface area contributed by atoms with Gasteiger partial charge in [-0.25, -0.2) is 8.42 Å². The maximum atomic E-state index is 12.7. The maximum absolute atomic E-state index is 12.7. The van der Waals surface area contributed by atoms with Crippen LogP contribution in [0.2, 0.25) is 0 Å².